The highest BCUT2D eigenvalue weighted by atomic mass is 79.9. The molecular weight excluding hydrogens is 434 g/mol. The average Bonchev–Trinajstić information content (AvgIpc) is 3.17. The first kappa shape index (κ1) is 20.4. The molecule has 1 aliphatic heterocycles. The lowest BCUT2D eigenvalue weighted by atomic mass is 10.1. The van der Waals surface area contributed by atoms with Crippen molar-refractivity contribution in [3.63, 3.8) is 0 Å². The van der Waals surface area contributed by atoms with Crippen LogP contribution in [0.3, 0.4) is 0 Å². The number of ether oxygens (including phenoxy) is 2. The molecule has 1 amide bonds. The number of methoxy groups -OCH3 is 2. The number of amides is 1. The summed E-state index contributed by atoms with van der Waals surface area (Å²) in [6.07, 6.45) is 0.853. The van der Waals surface area contributed by atoms with Crippen molar-refractivity contribution in [2.45, 2.75) is 6.42 Å². The molecule has 5 nitrogen and oxygen atoms in total. The molecule has 1 N–H and O–H groups in total. The quantitative estimate of drug-likeness (QED) is 0.716. The van der Waals surface area contributed by atoms with Gasteiger partial charge in [-0.25, -0.2) is 8.78 Å². The predicted molar refractivity (Wildman–Crippen MR) is 106 cm³/mol. The van der Waals surface area contributed by atoms with Gasteiger partial charge in [0.15, 0.2) is 11.6 Å². The van der Waals surface area contributed by atoms with E-state index < -0.39 is 11.6 Å². The Bertz CT molecular complexity index is 854. The third-order valence-electron chi connectivity index (χ3n) is 4.81. The first-order valence-electron chi connectivity index (χ1n) is 8.82. The summed E-state index contributed by atoms with van der Waals surface area (Å²) < 4.78 is 37.7. The van der Waals surface area contributed by atoms with Gasteiger partial charge >= 0.3 is 0 Å². The zero-order valence-corrected chi connectivity index (χ0v) is 17.2. The number of nitrogens with zero attached hydrogens (tertiary/aromatic N) is 1. The Hall–Kier alpha value is -2.35. The smallest absolute Gasteiger partial charge is 0.251 e. The Morgan fingerprint density at radius 3 is 2.46 bits per heavy atom. The van der Waals surface area contributed by atoms with Gasteiger partial charge in [0.2, 0.25) is 0 Å². The summed E-state index contributed by atoms with van der Waals surface area (Å²) in [4.78, 5) is 14.5. The van der Waals surface area contributed by atoms with Crippen molar-refractivity contribution in [2.75, 3.05) is 38.8 Å². The van der Waals surface area contributed by atoms with Crippen molar-refractivity contribution in [3.05, 3.63) is 52.0 Å². The fourth-order valence-electron chi connectivity index (χ4n) is 3.26. The van der Waals surface area contributed by atoms with E-state index in [9.17, 15) is 13.6 Å². The molecule has 0 spiro atoms. The number of hydrogen-bond donors (Lipinski definition) is 1. The van der Waals surface area contributed by atoms with Crippen molar-refractivity contribution in [2.24, 2.45) is 5.92 Å². The highest BCUT2D eigenvalue weighted by Crippen LogP contribution is 2.35. The highest BCUT2D eigenvalue weighted by molar-refractivity contribution is 9.10. The Morgan fingerprint density at radius 1 is 1.18 bits per heavy atom. The van der Waals surface area contributed by atoms with Gasteiger partial charge < -0.3 is 19.7 Å². The average molecular weight is 455 g/mol. The van der Waals surface area contributed by atoms with Crippen LogP contribution < -0.4 is 19.7 Å². The van der Waals surface area contributed by atoms with Crippen molar-refractivity contribution < 1.29 is 23.0 Å². The molecule has 0 bridgehead atoms. The SMILES string of the molecule is COc1cc(C(=O)NCC2CCN(c3ccc(F)c(F)c3)C2)cc(OC)c1Br. The van der Waals surface area contributed by atoms with Crippen LogP contribution in [0.1, 0.15) is 16.8 Å². The summed E-state index contributed by atoms with van der Waals surface area (Å²) >= 11 is 3.38. The van der Waals surface area contributed by atoms with Gasteiger partial charge in [-0.3, -0.25) is 4.79 Å². The molecule has 0 aromatic heterocycles. The Labute approximate surface area is 170 Å². The second-order valence-electron chi connectivity index (χ2n) is 6.60. The van der Waals surface area contributed by atoms with Gasteiger partial charge in [0.25, 0.3) is 5.91 Å². The van der Waals surface area contributed by atoms with Crippen LogP contribution in [-0.2, 0) is 0 Å². The van der Waals surface area contributed by atoms with E-state index in [2.05, 4.69) is 21.2 Å². The minimum absolute atomic E-state index is 0.219. The fourth-order valence-corrected chi connectivity index (χ4v) is 3.81. The van der Waals surface area contributed by atoms with Gasteiger partial charge in [-0.15, -0.1) is 0 Å². The van der Waals surface area contributed by atoms with Gasteiger partial charge in [-0.1, -0.05) is 0 Å². The van der Waals surface area contributed by atoms with Crippen LogP contribution in [-0.4, -0.2) is 39.8 Å². The molecule has 2 aromatic carbocycles. The van der Waals surface area contributed by atoms with Crippen molar-refractivity contribution in [1.29, 1.82) is 0 Å². The molecular formula is C20H21BrF2N2O3. The minimum atomic E-state index is -0.855. The molecule has 0 saturated carbocycles. The maximum Gasteiger partial charge on any atom is 0.251 e. The van der Waals surface area contributed by atoms with Crippen molar-refractivity contribution >= 4 is 27.5 Å². The van der Waals surface area contributed by atoms with E-state index in [4.69, 9.17) is 9.47 Å². The van der Waals surface area contributed by atoms with Crippen LogP contribution >= 0.6 is 15.9 Å². The zero-order valence-electron chi connectivity index (χ0n) is 15.6. The monoisotopic (exact) mass is 454 g/mol. The summed E-state index contributed by atoms with van der Waals surface area (Å²) in [5.74, 6) is -0.698. The lowest BCUT2D eigenvalue weighted by molar-refractivity contribution is 0.0947. The Morgan fingerprint density at radius 2 is 1.86 bits per heavy atom. The largest absolute Gasteiger partial charge is 0.495 e. The maximum atomic E-state index is 13.4. The number of carbonyl (C=O) groups is 1. The van der Waals surface area contributed by atoms with E-state index in [0.717, 1.165) is 19.0 Å². The minimum Gasteiger partial charge on any atom is -0.495 e. The van der Waals surface area contributed by atoms with Gasteiger partial charge in [-0.2, -0.15) is 0 Å². The second kappa shape index (κ2) is 8.77. The number of halogens is 3. The molecule has 28 heavy (non-hydrogen) atoms. The number of nitrogens with one attached hydrogen (secondary N) is 1. The molecule has 1 aliphatic rings. The summed E-state index contributed by atoms with van der Waals surface area (Å²) in [6.45, 7) is 1.88. The summed E-state index contributed by atoms with van der Waals surface area (Å²) in [5.41, 5.74) is 1.09. The first-order chi connectivity index (χ1) is 13.4. The Kier molecular flexibility index (Phi) is 6.39. The van der Waals surface area contributed by atoms with Crippen molar-refractivity contribution in [3.8, 4) is 11.5 Å². The first-order valence-corrected chi connectivity index (χ1v) is 9.62. The second-order valence-corrected chi connectivity index (χ2v) is 7.40. The molecule has 150 valence electrons. The molecule has 3 rings (SSSR count). The number of anilines is 1. The molecule has 1 atom stereocenters. The number of hydrogen-bond acceptors (Lipinski definition) is 4. The molecule has 8 heteroatoms. The van der Waals surface area contributed by atoms with Gasteiger partial charge in [0.1, 0.15) is 16.0 Å². The predicted octanol–water partition coefficient (Wildman–Crippen LogP) is 4.00. The van der Waals surface area contributed by atoms with Crippen molar-refractivity contribution in [1.82, 2.24) is 5.32 Å². The van der Waals surface area contributed by atoms with E-state index in [0.29, 0.717) is 40.3 Å². The molecule has 0 aliphatic carbocycles. The van der Waals surface area contributed by atoms with E-state index in [-0.39, 0.29) is 11.8 Å². The van der Waals surface area contributed by atoms with Crippen LogP contribution in [0.4, 0.5) is 14.5 Å². The molecule has 1 unspecified atom stereocenters. The van der Waals surface area contributed by atoms with E-state index >= 15 is 0 Å². The third kappa shape index (κ3) is 4.38. The maximum absolute atomic E-state index is 13.4. The number of benzene rings is 2. The van der Waals surface area contributed by atoms with Crippen LogP contribution in [0, 0.1) is 17.6 Å². The molecule has 1 heterocycles. The van der Waals surface area contributed by atoms with E-state index in [1.54, 1.807) is 18.2 Å². The number of carbonyl (C=O) groups excluding carboxylic acids is 1. The standard InChI is InChI=1S/C20H21BrF2N2O3/c1-27-17-7-13(8-18(28-2)19(17)21)20(26)24-10-12-5-6-25(11-12)14-3-4-15(22)16(23)9-14/h3-4,7-9,12H,5-6,10-11H2,1-2H3,(H,24,26). The molecule has 1 saturated heterocycles. The van der Waals surface area contributed by atoms with Gasteiger partial charge in [0.05, 0.1) is 14.2 Å². The normalized spacial score (nSPS) is 16.2. The summed E-state index contributed by atoms with van der Waals surface area (Å²) in [7, 11) is 3.04. The van der Waals surface area contributed by atoms with Crippen LogP contribution in [0.2, 0.25) is 0 Å². The Balaban J connectivity index is 1.60. The summed E-state index contributed by atoms with van der Waals surface area (Å²) in [6, 6.07) is 7.19. The molecule has 1 fully saturated rings. The highest BCUT2D eigenvalue weighted by Gasteiger charge is 2.24. The van der Waals surface area contributed by atoms with Gasteiger partial charge in [-0.05, 0) is 52.5 Å². The zero-order chi connectivity index (χ0) is 20.3. The molecule has 2 aromatic rings. The lowest BCUT2D eigenvalue weighted by Gasteiger charge is -2.19. The van der Waals surface area contributed by atoms with E-state index in [1.165, 1.54) is 20.3 Å². The van der Waals surface area contributed by atoms with Crippen LogP contribution in [0.15, 0.2) is 34.8 Å². The fraction of sp³-hybridized carbons (Fsp3) is 0.350. The van der Waals surface area contributed by atoms with Crippen LogP contribution in [0.5, 0.6) is 11.5 Å². The van der Waals surface area contributed by atoms with E-state index in [1.807, 2.05) is 4.90 Å². The summed E-state index contributed by atoms with van der Waals surface area (Å²) in [5, 5.41) is 2.93. The third-order valence-corrected chi connectivity index (χ3v) is 5.59. The number of rotatable bonds is 6. The topological polar surface area (TPSA) is 50.8 Å². The lowest BCUT2D eigenvalue weighted by Crippen LogP contribution is -2.31. The van der Waals surface area contributed by atoms with Crippen LogP contribution in [0.25, 0.3) is 0 Å². The van der Waals surface area contributed by atoms with Gasteiger partial charge in [0, 0.05) is 37.0 Å². The molecule has 0 radical (unpaired) electrons.